The molecular formula is C14H17FO6. The van der Waals surface area contributed by atoms with Gasteiger partial charge in [0, 0.05) is 0 Å². The van der Waals surface area contributed by atoms with Crippen molar-refractivity contribution in [2.75, 3.05) is 13.2 Å². The van der Waals surface area contributed by atoms with Crippen molar-refractivity contribution < 1.29 is 33.7 Å². The van der Waals surface area contributed by atoms with E-state index < -0.39 is 35.5 Å². The van der Waals surface area contributed by atoms with Gasteiger partial charge in [0.05, 0.1) is 13.2 Å². The van der Waals surface area contributed by atoms with E-state index in [1.165, 1.54) is 6.07 Å². The number of aromatic hydroxyl groups is 1. The highest BCUT2D eigenvalue weighted by atomic mass is 19.1. The number of phenols is 1. The van der Waals surface area contributed by atoms with Crippen molar-refractivity contribution in [2.24, 2.45) is 5.92 Å². The first-order valence-electron chi connectivity index (χ1n) is 6.42. The average molecular weight is 300 g/mol. The second-order valence-electron chi connectivity index (χ2n) is 4.14. The summed E-state index contributed by atoms with van der Waals surface area (Å²) in [6.45, 7) is 3.14. The number of benzene rings is 1. The molecule has 0 aliphatic heterocycles. The number of phenolic OH excluding ortho intramolecular Hbond substituents is 1. The summed E-state index contributed by atoms with van der Waals surface area (Å²) >= 11 is 0. The van der Waals surface area contributed by atoms with E-state index in [0.29, 0.717) is 0 Å². The zero-order chi connectivity index (χ0) is 16.0. The normalized spacial score (nSPS) is 12.0. The molecule has 0 aromatic heterocycles. The lowest BCUT2D eigenvalue weighted by Crippen LogP contribution is -2.33. The van der Waals surface area contributed by atoms with Gasteiger partial charge in [0.1, 0.15) is 6.10 Å². The van der Waals surface area contributed by atoms with Crippen LogP contribution in [0, 0.1) is 11.7 Å². The summed E-state index contributed by atoms with van der Waals surface area (Å²) in [5, 5.41) is 19.3. The second-order valence-corrected chi connectivity index (χ2v) is 4.14. The second kappa shape index (κ2) is 7.58. The fourth-order valence-corrected chi connectivity index (χ4v) is 1.72. The lowest BCUT2D eigenvalue weighted by Gasteiger charge is -2.20. The molecule has 1 atom stereocenters. The third-order valence-corrected chi connectivity index (χ3v) is 2.71. The number of carbonyl (C=O) groups excluding carboxylic acids is 2. The van der Waals surface area contributed by atoms with Crippen molar-refractivity contribution in [1.82, 2.24) is 0 Å². The number of hydrogen-bond donors (Lipinski definition) is 2. The third-order valence-electron chi connectivity index (χ3n) is 2.71. The molecule has 0 amide bonds. The Morgan fingerprint density at radius 3 is 2.14 bits per heavy atom. The molecule has 1 unspecified atom stereocenters. The van der Waals surface area contributed by atoms with Crippen molar-refractivity contribution in [1.29, 1.82) is 0 Å². The van der Waals surface area contributed by atoms with Gasteiger partial charge in [0.15, 0.2) is 17.5 Å². The minimum absolute atomic E-state index is 0.0192. The van der Waals surface area contributed by atoms with Gasteiger partial charge in [-0.15, -0.1) is 0 Å². The molecule has 0 aliphatic rings. The summed E-state index contributed by atoms with van der Waals surface area (Å²) in [6, 6.07) is 3.06. The van der Waals surface area contributed by atoms with Crippen LogP contribution >= 0.6 is 0 Å². The summed E-state index contributed by atoms with van der Waals surface area (Å²) in [5.41, 5.74) is -0.0450. The summed E-state index contributed by atoms with van der Waals surface area (Å²) in [4.78, 5) is 23.6. The average Bonchev–Trinajstić information content (AvgIpc) is 2.42. The van der Waals surface area contributed by atoms with Gasteiger partial charge in [-0.3, -0.25) is 9.59 Å². The Bertz CT molecular complexity index is 498. The van der Waals surface area contributed by atoms with Crippen LogP contribution in [-0.4, -0.2) is 35.4 Å². The molecule has 7 heteroatoms. The Labute approximate surface area is 121 Å². The fourth-order valence-electron chi connectivity index (χ4n) is 1.72. The SMILES string of the molecule is CCOC(=O)C(C(=O)OCC)C(O)c1ccc(O)c(F)c1. The van der Waals surface area contributed by atoms with Crippen LogP contribution in [0.4, 0.5) is 4.39 Å². The van der Waals surface area contributed by atoms with Crippen LogP contribution in [0.3, 0.4) is 0 Å². The van der Waals surface area contributed by atoms with Gasteiger partial charge in [-0.1, -0.05) is 6.07 Å². The summed E-state index contributed by atoms with van der Waals surface area (Å²) in [5.74, 6) is -5.12. The third kappa shape index (κ3) is 4.16. The molecule has 21 heavy (non-hydrogen) atoms. The number of carbonyl (C=O) groups is 2. The van der Waals surface area contributed by atoms with E-state index in [-0.39, 0.29) is 18.8 Å². The molecule has 0 radical (unpaired) electrons. The first-order chi connectivity index (χ1) is 9.92. The Balaban J connectivity index is 3.08. The van der Waals surface area contributed by atoms with Gasteiger partial charge in [-0.2, -0.15) is 0 Å². The summed E-state index contributed by atoms with van der Waals surface area (Å²) in [7, 11) is 0. The minimum Gasteiger partial charge on any atom is -0.505 e. The molecule has 0 heterocycles. The molecule has 116 valence electrons. The van der Waals surface area contributed by atoms with E-state index in [0.717, 1.165) is 12.1 Å². The van der Waals surface area contributed by atoms with E-state index >= 15 is 0 Å². The maximum atomic E-state index is 13.3. The molecule has 0 spiro atoms. The smallest absolute Gasteiger partial charge is 0.323 e. The first kappa shape index (κ1) is 16.9. The quantitative estimate of drug-likeness (QED) is 0.608. The predicted octanol–water partition coefficient (Wildman–Crippen LogP) is 1.31. The van der Waals surface area contributed by atoms with E-state index in [4.69, 9.17) is 14.6 Å². The van der Waals surface area contributed by atoms with Crippen LogP contribution in [-0.2, 0) is 19.1 Å². The number of halogens is 1. The number of hydrogen-bond acceptors (Lipinski definition) is 6. The van der Waals surface area contributed by atoms with Gasteiger partial charge >= 0.3 is 11.9 Å². The molecular weight excluding hydrogens is 283 g/mol. The van der Waals surface area contributed by atoms with Crippen LogP contribution in [0.15, 0.2) is 18.2 Å². The van der Waals surface area contributed by atoms with Crippen LogP contribution in [0.1, 0.15) is 25.5 Å². The molecule has 1 rings (SSSR count). The van der Waals surface area contributed by atoms with Gasteiger partial charge in [0.2, 0.25) is 0 Å². The van der Waals surface area contributed by atoms with Crippen molar-refractivity contribution in [3.63, 3.8) is 0 Å². The topological polar surface area (TPSA) is 93.1 Å². The Morgan fingerprint density at radius 2 is 1.71 bits per heavy atom. The van der Waals surface area contributed by atoms with Crippen LogP contribution < -0.4 is 0 Å². The number of aliphatic hydroxyl groups is 1. The summed E-state index contributed by atoms with van der Waals surface area (Å²) < 4.78 is 22.8. The minimum atomic E-state index is -1.64. The highest BCUT2D eigenvalue weighted by Crippen LogP contribution is 2.27. The number of aliphatic hydroxyl groups excluding tert-OH is 1. The largest absolute Gasteiger partial charge is 0.505 e. The molecule has 6 nitrogen and oxygen atoms in total. The van der Waals surface area contributed by atoms with Gasteiger partial charge < -0.3 is 19.7 Å². The van der Waals surface area contributed by atoms with Gasteiger partial charge in [0.25, 0.3) is 0 Å². The van der Waals surface area contributed by atoms with Crippen LogP contribution in [0.2, 0.25) is 0 Å². The van der Waals surface area contributed by atoms with E-state index in [2.05, 4.69) is 0 Å². The van der Waals surface area contributed by atoms with Crippen LogP contribution in [0.25, 0.3) is 0 Å². The maximum Gasteiger partial charge on any atom is 0.323 e. The Hall–Kier alpha value is -2.15. The van der Waals surface area contributed by atoms with Crippen molar-refractivity contribution in [2.45, 2.75) is 20.0 Å². The molecule has 0 bridgehead atoms. The lowest BCUT2D eigenvalue weighted by atomic mass is 9.95. The number of rotatable bonds is 6. The first-order valence-corrected chi connectivity index (χ1v) is 6.42. The highest BCUT2D eigenvalue weighted by Gasteiger charge is 2.37. The zero-order valence-electron chi connectivity index (χ0n) is 11.7. The fraction of sp³-hybridized carbons (Fsp3) is 0.429. The van der Waals surface area contributed by atoms with E-state index in [9.17, 15) is 19.1 Å². The predicted molar refractivity (Wildman–Crippen MR) is 69.8 cm³/mol. The van der Waals surface area contributed by atoms with Gasteiger partial charge in [-0.05, 0) is 31.5 Å². The molecule has 0 aliphatic carbocycles. The lowest BCUT2D eigenvalue weighted by molar-refractivity contribution is -0.167. The molecule has 0 saturated heterocycles. The highest BCUT2D eigenvalue weighted by molar-refractivity contribution is 5.95. The standard InChI is InChI=1S/C14H17FO6/c1-3-20-13(18)11(14(19)21-4-2)12(17)8-5-6-10(16)9(15)7-8/h5-7,11-12,16-17H,3-4H2,1-2H3. The molecule has 1 aromatic carbocycles. The van der Waals surface area contributed by atoms with Crippen molar-refractivity contribution >= 4 is 11.9 Å². The van der Waals surface area contributed by atoms with Crippen molar-refractivity contribution in [3.8, 4) is 5.75 Å². The number of esters is 2. The number of ether oxygens (including phenoxy) is 2. The molecule has 0 fully saturated rings. The van der Waals surface area contributed by atoms with Crippen molar-refractivity contribution in [3.05, 3.63) is 29.6 Å². The Morgan fingerprint density at radius 1 is 1.19 bits per heavy atom. The molecule has 0 saturated carbocycles. The molecule has 1 aromatic rings. The van der Waals surface area contributed by atoms with E-state index in [1.54, 1.807) is 13.8 Å². The van der Waals surface area contributed by atoms with Crippen LogP contribution in [0.5, 0.6) is 5.75 Å². The van der Waals surface area contributed by atoms with E-state index in [1.807, 2.05) is 0 Å². The monoisotopic (exact) mass is 300 g/mol. The molecule has 2 N–H and O–H groups in total. The Kier molecular flexibility index (Phi) is 6.10. The summed E-state index contributed by atoms with van der Waals surface area (Å²) in [6.07, 6.45) is -1.64. The zero-order valence-corrected chi connectivity index (χ0v) is 11.7. The maximum absolute atomic E-state index is 13.3. The van der Waals surface area contributed by atoms with Gasteiger partial charge in [-0.25, -0.2) is 4.39 Å².